The summed E-state index contributed by atoms with van der Waals surface area (Å²) in [4.78, 5) is 26.6. The Labute approximate surface area is 180 Å². The number of ether oxygens (including phenoxy) is 2. The fourth-order valence-electron chi connectivity index (χ4n) is 4.06. The third-order valence-corrected chi connectivity index (χ3v) is 5.70. The first kappa shape index (κ1) is 22.3. The van der Waals surface area contributed by atoms with Crippen molar-refractivity contribution in [1.82, 2.24) is 10.2 Å². The summed E-state index contributed by atoms with van der Waals surface area (Å²) in [5, 5.41) is 10.7. The molecule has 3 aliphatic heterocycles. The Hall–Kier alpha value is -2.86. The van der Waals surface area contributed by atoms with Crippen molar-refractivity contribution in [3.05, 3.63) is 29.6 Å². The molecule has 32 heavy (non-hydrogen) atoms. The average Bonchev–Trinajstić information content (AvgIpc) is 3.07. The first-order chi connectivity index (χ1) is 15.2. The number of cyclic esters (lactones) is 1. The number of alkyl halides is 3. The Morgan fingerprint density at radius 2 is 2.09 bits per heavy atom. The number of anilines is 1. The van der Waals surface area contributed by atoms with E-state index in [-0.39, 0.29) is 24.7 Å². The summed E-state index contributed by atoms with van der Waals surface area (Å²) in [5.41, 5.74) is 1.24. The molecule has 0 aromatic heterocycles. The van der Waals surface area contributed by atoms with Gasteiger partial charge < -0.3 is 19.9 Å². The monoisotopic (exact) mass is 459 g/mol. The third kappa shape index (κ3) is 4.24. The highest BCUT2D eigenvalue weighted by molar-refractivity contribution is 5.94. The van der Waals surface area contributed by atoms with Crippen LogP contribution in [0.3, 0.4) is 0 Å². The number of hydrogen-bond donors (Lipinski definition) is 2. The number of hydrogen-bond acceptors (Lipinski definition) is 6. The fourth-order valence-corrected chi connectivity index (χ4v) is 4.06. The van der Waals surface area contributed by atoms with Crippen LogP contribution in [0.1, 0.15) is 12.0 Å². The van der Waals surface area contributed by atoms with E-state index in [0.29, 0.717) is 31.6 Å². The fraction of sp³-hybridized carbons (Fsp3) is 0.500. The highest BCUT2D eigenvalue weighted by Gasteiger charge is 2.48. The molecule has 1 fully saturated rings. The van der Waals surface area contributed by atoms with Crippen LogP contribution in [0.4, 0.5) is 28.0 Å². The maximum atomic E-state index is 15.0. The Balaban J connectivity index is 1.52. The molecule has 0 aliphatic carbocycles. The van der Waals surface area contributed by atoms with Crippen LogP contribution in [-0.2, 0) is 9.53 Å². The summed E-state index contributed by atoms with van der Waals surface area (Å²) >= 11 is 0. The third-order valence-electron chi connectivity index (χ3n) is 5.70. The van der Waals surface area contributed by atoms with Crippen LogP contribution < -0.4 is 15.0 Å². The van der Waals surface area contributed by atoms with E-state index in [1.165, 1.54) is 6.07 Å². The lowest BCUT2D eigenvalue weighted by atomic mass is 9.97. The first-order valence-corrected chi connectivity index (χ1v) is 10.0. The van der Waals surface area contributed by atoms with E-state index in [1.54, 1.807) is 5.32 Å². The van der Waals surface area contributed by atoms with Crippen LogP contribution >= 0.6 is 0 Å². The van der Waals surface area contributed by atoms with Gasteiger partial charge >= 0.3 is 18.2 Å². The van der Waals surface area contributed by atoms with Gasteiger partial charge in [0.25, 0.3) is 0 Å². The number of nitrogens with one attached hydrogen (secondary N) is 1. The molecule has 2 N–H and O–H groups in total. The lowest BCUT2D eigenvalue weighted by Gasteiger charge is -2.32. The molecule has 0 bridgehead atoms. The van der Waals surface area contributed by atoms with Gasteiger partial charge in [0.05, 0.1) is 18.8 Å². The van der Waals surface area contributed by atoms with Crippen molar-refractivity contribution in [3.63, 3.8) is 0 Å². The molecule has 2 amide bonds. The first-order valence-electron chi connectivity index (χ1n) is 10.0. The number of carbonyl (C=O) groups is 2. The van der Waals surface area contributed by atoms with E-state index < -0.39 is 42.7 Å². The molecule has 3 aliphatic rings. The van der Waals surface area contributed by atoms with Crippen molar-refractivity contribution in [3.8, 4) is 5.75 Å². The van der Waals surface area contributed by atoms with Gasteiger partial charge in [0.1, 0.15) is 30.3 Å². The highest BCUT2D eigenvalue weighted by Crippen LogP contribution is 2.42. The Morgan fingerprint density at radius 3 is 2.75 bits per heavy atom. The minimum Gasteiger partial charge on any atom is -0.489 e. The Kier molecular flexibility index (Phi) is 5.99. The minimum atomic E-state index is -5.06. The van der Waals surface area contributed by atoms with Gasteiger partial charge in [0, 0.05) is 31.3 Å². The van der Waals surface area contributed by atoms with Crippen molar-refractivity contribution in [2.45, 2.75) is 24.7 Å². The second-order valence-corrected chi connectivity index (χ2v) is 7.68. The molecular weight excluding hydrogens is 438 g/mol. The van der Waals surface area contributed by atoms with Crippen molar-refractivity contribution >= 4 is 23.3 Å². The maximum absolute atomic E-state index is 15.0. The molecule has 1 saturated heterocycles. The zero-order valence-electron chi connectivity index (χ0n) is 16.8. The van der Waals surface area contributed by atoms with Crippen molar-refractivity contribution < 1.29 is 41.7 Å². The second kappa shape index (κ2) is 8.58. The number of nitrogens with zero attached hydrogens (tertiary/aromatic N) is 2. The van der Waals surface area contributed by atoms with Gasteiger partial charge in [-0.05, 0) is 18.1 Å². The largest absolute Gasteiger partial charge is 0.489 e. The molecule has 174 valence electrons. The number of rotatable bonds is 5. The smallest absolute Gasteiger partial charge is 0.471 e. The van der Waals surface area contributed by atoms with E-state index in [0.717, 1.165) is 16.5 Å². The SMILES string of the molecule is O=C1O[C@@H](CNC(=O)C(F)(F)F)[C@@H]2COc3cc(C4=CCN(CCO)CC4)c(F)cc3N12. The minimum absolute atomic E-state index is 0.0399. The van der Waals surface area contributed by atoms with Crippen LogP contribution in [0.5, 0.6) is 5.75 Å². The van der Waals surface area contributed by atoms with Crippen LogP contribution in [0.25, 0.3) is 5.57 Å². The lowest BCUT2D eigenvalue weighted by molar-refractivity contribution is -0.173. The van der Waals surface area contributed by atoms with Gasteiger partial charge in [-0.25, -0.2) is 9.18 Å². The number of aliphatic hydroxyl groups is 1. The normalized spacial score (nSPS) is 23.1. The van der Waals surface area contributed by atoms with Gasteiger partial charge in [-0.1, -0.05) is 6.08 Å². The molecule has 0 spiro atoms. The van der Waals surface area contributed by atoms with Crippen molar-refractivity contribution in [1.29, 1.82) is 0 Å². The van der Waals surface area contributed by atoms with Crippen molar-refractivity contribution in [2.24, 2.45) is 0 Å². The topological polar surface area (TPSA) is 91.3 Å². The molecule has 3 heterocycles. The van der Waals surface area contributed by atoms with E-state index in [4.69, 9.17) is 14.6 Å². The number of fused-ring (bicyclic) bond motifs is 3. The predicted molar refractivity (Wildman–Crippen MR) is 104 cm³/mol. The number of aliphatic hydroxyl groups excluding tert-OH is 1. The van der Waals surface area contributed by atoms with Crippen LogP contribution in [0.15, 0.2) is 18.2 Å². The summed E-state index contributed by atoms with van der Waals surface area (Å²) in [5.74, 6) is -2.46. The summed E-state index contributed by atoms with van der Waals surface area (Å²) < 4.78 is 63.0. The molecule has 0 unspecified atom stereocenters. The molecular formula is C20H21F4N3O5. The number of amides is 2. The molecule has 2 atom stereocenters. The van der Waals surface area contributed by atoms with E-state index in [1.807, 2.05) is 11.0 Å². The zero-order valence-corrected chi connectivity index (χ0v) is 16.8. The summed E-state index contributed by atoms with van der Waals surface area (Å²) in [6, 6.07) is 1.84. The number of halogens is 4. The van der Waals surface area contributed by atoms with Gasteiger partial charge in [-0.2, -0.15) is 13.2 Å². The van der Waals surface area contributed by atoms with Gasteiger partial charge in [0.2, 0.25) is 0 Å². The molecule has 8 nitrogen and oxygen atoms in total. The predicted octanol–water partition coefficient (Wildman–Crippen LogP) is 1.67. The Bertz CT molecular complexity index is 952. The molecule has 12 heteroatoms. The quantitative estimate of drug-likeness (QED) is 0.652. The number of benzene rings is 1. The maximum Gasteiger partial charge on any atom is 0.471 e. The van der Waals surface area contributed by atoms with Gasteiger partial charge in [-0.3, -0.25) is 14.6 Å². The number of carbonyl (C=O) groups excluding carboxylic acids is 2. The molecule has 1 aromatic rings. The van der Waals surface area contributed by atoms with Crippen molar-refractivity contribution in [2.75, 3.05) is 44.3 Å². The Morgan fingerprint density at radius 1 is 1.31 bits per heavy atom. The highest BCUT2D eigenvalue weighted by atomic mass is 19.4. The molecule has 0 saturated carbocycles. The van der Waals surface area contributed by atoms with Crippen LogP contribution in [0.2, 0.25) is 0 Å². The standard InChI is InChI=1S/C20H21F4N3O5/c21-13-8-14-16(7-12(13)11-1-3-26(4-2-11)5-6-28)31-10-15-17(32-19(30)27(14)15)9-25-18(29)20(22,23)24/h1,7-8,15,17,28H,2-6,9-10H2,(H,25,29)/t15-,17-/m0/s1. The summed E-state index contributed by atoms with van der Waals surface area (Å²) in [6.07, 6.45) is -4.54. The zero-order chi connectivity index (χ0) is 23.0. The summed E-state index contributed by atoms with van der Waals surface area (Å²) in [6.45, 7) is 1.16. The lowest BCUT2D eigenvalue weighted by Crippen LogP contribution is -2.49. The van der Waals surface area contributed by atoms with Gasteiger partial charge in [-0.15, -0.1) is 0 Å². The van der Waals surface area contributed by atoms with Gasteiger partial charge in [0.15, 0.2) is 0 Å². The molecule has 4 rings (SSSR count). The van der Waals surface area contributed by atoms with E-state index in [2.05, 4.69) is 0 Å². The second-order valence-electron chi connectivity index (χ2n) is 7.68. The van der Waals surface area contributed by atoms with Crippen LogP contribution in [0, 0.1) is 5.82 Å². The van der Waals surface area contributed by atoms with E-state index >= 15 is 0 Å². The molecule has 0 radical (unpaired) electrons. The van der Waals surface area contributed by atoms with E-state index in [9.17, 15) is 27.2 Å². The average molecular weight is 459 g/mol. The van der Waals surface area contributed by atoms with Crippen LogP contribution in [-0.4, -0.2) is 79.7 Å². The molecule has 1 aromatic carbocycles. The summed E-state index contributed by atoms with van der Waals surface area (Å²) in [7, 11) is 0. The number of β-amino-alcohol motifs (C(OH)–C–C–N with tert-alkyl or cyclic N) is 1.